The molecular weight excluding hydrogens is 505 g/mol. The van der Waals surface area contributed by atoms with Crippen molar-refractivity contribution in [3.63, 3.8) is 0 Å². The number of carbonyl (C=O) groups is 1. The Bertz CT molecular complexity index is 1500. The van der Waals surface area contributed by atoms with E-state index in [0.29, 0.717) is 24.7 Å². The molecule has 3 heterocycles. The summed E-state index contributed by atoms with van der Waals surface area (Å²) in [5.74, 6) is -0.127. The summed E-state index contributed by atoms with van der Waals surface area (Å²) in [6, 6.07) is 9.18. The van der Waals surface area contributed by atoms with Crippen LogP contribution >= 0.6 is 11.6 Å². The summed E-state index contributed by atoms with van der Waals surface area (Å²) in [4.78, 5) is 25.6. The van der Waals surface area contributed by atoms with Gasteiger partial charge in [0, 0.05) is 29.4 Å². The molecule has 4 aromatic rings. The number of hydrogen-bond acceptors (Lipinski definition) is 5. The van der Waals surface area contributed by atoms with Gasteiger partial charge >= 0.3 is 6.18 Å². The van der Waals surface area contributed by atoms with E-state index in [1.807, 2.05) is 16.7 Å². The summed E-state index contributed by atoms with van der Waals surface area (Å²) in [7, 11) is 0. The third-order valence-electron chi connectivity index (χ3n) is 6.79. The number of amides is 1. The van der Waals surface area contributed by atoms with Crippen LogP contribution in [0.1, 0.15) is 53.5 Å². The molecule has 2 aliphatic carbocycles. The summed E-state index contributed by atoms with van der Waals surface area (Å²) < 4.78 is 42.3. The highest BCUT2D eigenvalue weighted by molar-refractivity contribution is 6.30. The molecule has 0 radical (unpaired) electrons. The van der Waals surface area contributed by atoms with Gasteiger partial charge in [-0.1, -0.05) is 17.7 Å². The van der Waals surface area contributed by atoms with Gasteiger partial charge in [0.15, 0.2) is 0 Å². The zero-order valence-corrected chi connectivity index (χ0v) is 20.2. The summed E-state index contributed by atoms with van der Waals surface area (Å²) >= 11 is 5.93. The first kappa shape index (κ1) is 23.7. The zero-order chi connectivity index (χ0) is 25.7. The van der Waals surface area contributed by atoms with Gasteiger partial charge in [-0.2, -0.15) is 13.2 Å². The molecule has 37 heavy (non-hydrogen) atoms. The van der Waals surface area contributed by atoms with E-state index >= 15 is 0 Å². The highest BCUT2D eigenvalue weighted by atomic mass is 35.5. The molecule has 0 aliphatic heterocycles. The van der Waals surface area contributed by atoms with Gasteiger partial charge in [0.25, 0.3) is 0 Å². The van der Waals surface area contributed by atoms with Crippen LogP contribution in [0, 0.1) is 5.92 Å². The van der Waals surface area contributed by atoms with E-state index in [9.17, 15) is 18.0 Å². The van der Waals surface area contributed by atoms with Crippen LogP contribution in [0.2, 0.25) is 5.02 Å². The molecule has 0 unspecified atom stereocenters. The number of anilines is 2. The molecule has 0 bridgehead atoms. The van der Waals surface area contributed by atoms with Gasteiger partial charge in [0.2, 0.25) is 5.91 Å². The largest absolute Gasteiger partial charge is 0.416 e. The van der Waals surface area contributed by atoms with Crippen molar-refractivity contribution in [3.05, 3.63) is 82.5 Å². The molecule has 2 aliphatic rings. The lowest BCUT2D eigenvalue weighted by atomic mass is 10.0. The highest BCUT2D eigenvalue weighted by Crippen LogP contribution is 2.52. The SMILES string of the molecule is O=C(Nc1cc(NCc2cn3cc(C4CC4)ccc3n2)ncn1)[C@H]1C[C@@H]1c1cc(Cl)ccc1C(F)(F)F. The Morgan fingerprint density at radius 1 is 1.08 bits per heavy atom. The van der Waals surface area contributed by atoms with E-state index in [0.717, 1.165) is 17.4 Å². The van der Waals surface area contributed by atoms with Crippen molar-refractivity contribution < 1.29 is 18.0 Å². The first-order valence-electron chi connectivity index (χ1n) is 12.0. The number of alkyl halides is 3. The van der Waals surface area contributed by atoms with Crippen molar-refractivity contribution in [2.45, 2.75) is 43.8 Å². The molecule has 0 saturated heterocycles. The van der Waals surface area contributed by atoms with E-state index in [4.69, 9.17) is 11.6 Å². The summed E-state index contributed by atoms with van der Waals surface area (Å²) in [5.41, 5.74) is 2.30. The number of carbonyl (C=O) groups excluding carboxylic acids is 1. The van der Waals surface area contributed by atoms with Gasteiger partial charge < -0.3 is 15.0 Å². The average molecular weight is 527 g/mol. The minimum Gasteiger partial charge on any atom is -0.364 e. The molecule has 2 N–H and O–H groups in total. The fraction of sp³-hybridized carbons (Fsp3) is 0.308. The Kier molecular flexibility index (Phi) is 5.78. The van der Waals surface area contributed by atoms with Crippen LogP contribution in [-0.4, -0.2) is 25.3 Å². The van der Waals surface area contributed by atoms with Gasteiger partial charge in [-0.3, -0.25) is 4.79 Å². The minimum atomic E-state index is -4.52. The first-order valence-corrected chi connectivity index (χ1v) is 12.3. The summed E-state index contributed by atoms with van der Waals surface area (Å²) in [6.45, 7) is 0.421. The van der Waals surface area contributed by atoms with Crippen LogP contribution in [0.15, 0.2) is 55.1 Å². The van der Waals surface area contributed by atoms with E-state index in [1.54, 1.807) is 6.07 Å². The van der Waals surface area contributed by atoms with Gasteiger partial charge in [-0.25, -0.2) is 15.0 Å². The van der Waals surface area contributed by atoms with Crippen LogP contribution in [0.4, 0.5) is 24.8 Å². The maximum atomic E-state index is 13.4. The van der Waals surface area contributed by atoms with E-state index < -0.39 is 29.5 Å². The van der Waals surface area contributed by atoms with Gasteiger partial charge in [-0.05, 0) is 66.5 Å². The molecule has 7 nitrogen and oxygen atoms in total. The molecule has 1 amide bonds. The number of aromatic nitrogens is 4. The second-order valence-corrected chi connectivity index (χ2v) is 9.98. The minimum absolute atomic E-state index is 0.0434. The second-order valence-electron chi connectivity index (χ2n) is 9.54. The van der Waals surface area contributed by atoms with Crippen LogP contribution in [0.3, 0.4) is 0 Å². The molecule has 2 atom stereocenters. The first-order chi connectivity index (χ1) is 17.7. The molecule has 2 fully saturated rings. The Balaban J connectivity index is 1.09. The van der Waals surface area contributed by atoms with Crippen molar-refractivity contribution in [2.24, 2.45) is 5.92 Å². The highest BCUT2D eigenvalue weighted by Gasteiger charge is 2.48. The lowest BCUT2D eigenvalue weighted by Gasteiger charge is -2.13. The fourth-order valence-electron chi connectivity index (χ4n) is 4.65. The number of imidazole rings is 1. The van der Waals surface area contributed by atoms with Crippen LogP contribution in [0.5, 0.6) is 0 Å². The topological polar surface area (TPSA) is 84.2 Å². The van der Waals surface area contributed by atoms with E-state index in [1.165, 1.54) is 36.9 Å². The summed E-state index contributed by atoms with van der Waals surface area (Å²) in [5, 5.41) is 6.08. The average Bonchev–Trinajstić information content (AvgIpc) is 3.78. The number of pyridine rings is 1. The Hall–Kier alpha value is -3.66. The Morgan fingerprint density at radius 3 is 2.68 bits per heavy atom. The second kappa shape index (κ2) is 9.02. The lowest BCUT2D eigenvalue weighted by molar-refractivity contribution is -0.138. The number of hydrogen-bond donors (Lipinski definition) is 2. The van der Waals surface area contributed by atoms with Crippen molar-refractivity contribution in [1.29, 1.82) is 0 Å². The molecule has 190 valence electrons. The van der Waals surface area contributed by atoms with Gasteiger partial charge in [0.05, 0.1) is 17.8 Å². The quantitative estimate of drug-likeness (QED) is 0.307. The maximum absolute atomic E-state index is 13.4. The monoisotopic (exact) mass is 526 g/mol. The van der Waals surface area contributed by atoms with Crippen molar-refractivity contribution in [1.82, 2.24) is 19.4 Å². The van der Waals surface area contributed by atoms with Crippen LogP contribution in [0.25, 0.3) is 5.65 Å². The smallest absolute Gasteiger partial charge is 0.364 e. The molecular formula is C26H22ClF3N6O. The molecule has 1 aromatic carbocycles. The van der Waals surface area contributed by atoms with Gasteiger partial charge in [-0.15, -0.1) is 0 Å². The Labute approximate surface area is 215 Å². The molecule has 2 saturated carbocycles. The molecule has 11 heteroatoms. The lowest BCUT2D eigenvalue weighted by Crippen LogP contribution is -2.17. The standard InChI is InChI=1S/C26H22ClF3N6O/c27-16-4-5-21(26(28,29)30)19(7-16)18-8-20(18)25(37)35-23-9-22(32-13-33-23)31-10-17-12-36-11-15(14-1-2-14)3-6-24(36)34-17/h3-7,9,11-14,18,20H,1-2,8,10H2,(H2,31,32,33,35,37)/t18-,20+/m1/s1. The number of nitrogens with zero attached hydrogens (tertiary/aromatic N) is 4. The number of benzene rings is 1. The maximum Gasteiger partial charge on any atom is 0.416 e. The predicted molar refractivity (Wildman–Crippen MR) is 132 cm³/mol. The third kappa shape index (κ3) is 5.11. The Morgan fingerprint density at radius 2 is 1.89 bits per heavy atom. The molecule has 0 spiro atoms. The van der Waals surface area contributed by atoms with E-state index in [2.05, 4.69) is 37.8 Å². The van der Waals surface area contributed by atoms with Crippen molar-refractivity contribution in [2.75, 3.05) is 10.6 Å². The predicted octanol–water partition coefficient (Wildman–Crippen LogP) is 6.03. The number of halogens is 4. The van der Waals surface area contributed by atoms with Gasteiger partial charge in [0.1, 0.15) is 23.6 Å². The normalized spacial score (nSPS) is 19.1. The molecule has 3 aromatic heterocycles. The third-order valence-corrected chi connectivity index (χ3v) is 7.02. The van der Waals surface area contributed by atoms with Crippen molar-refractivity contribution in [3.8, 4) is 0 Å². The van der Waals surface area contributed by atoms with Crippen LogP contribution in [-0.2, 0) is 17.5 Å². The number of fused-ring (bicyclic) bond motifs is 1. The van der Waals surface area contributed by atoms with Crippen molar-refractivity contribution >= 4 is 34.8 Å². The van der Waals surface area contributed by atoms with E-state index in [-0.39, 0.29) is 16.4 Å². The fourth-order valence-corrected chi connectivity index (χ4v) is 4.83. The van der Waals surface area contributed by atoms with Crippen LogP contribution < -0.4 is 10.6 Å². The summed E-state index contributed by atoms with van der Waals surface area (Å²) in [6.07, 6.45) is 3.66. The number of rotatable bonds is 7. The molecule has 6 rings (SSSR count). The number of nitrogens with one attached hydrogen (secondary N) is 2. The zero-order valence-electron chi connectivity index (χ0n) is 19.5.